The van der Waals surface area contributed by atoms with Gasteiger partial charge in [0.2, 0.25) is 0 Å². The Morgan fingerprint density at radius 2 is 1.70 bits per heavy atom. The minimum absolute atomic E-state index is 0.913. The summed E-state index contributed by atoms with van der Waals surface area (Å²) in [6.07, 6.45) is 4.65. The predicted octanol–water partition coefficient (Wildman–Crippen LogP) is 5.80. The molecule has 0 saturated carbocycles. The van der Waals surface area contributed by atoms with Crippen molar-refractivity contribution in [2.45, 2.75) is 32.6 Å². The first-order valence-electron chi connectivity index (χ1n) is 7.23. The van der Waals surface area contributed by atoms with Gasteiger partial charge in [-0.15, -0.1) is 0 Å². The second-order valence-electron chi connectivity index (χ2n) is 4.94. The van der Waals surface area contributed by atoms with Gasteiger partial charge in [-0.05, 0) is 59.1 Å². The maximum atomic E-state index is 5.93. The second-order valence-corrected chi connectivity index (χ2v) is 6.01. The first kappa shape index (κ1) is 15.4. The Bertz CT molecular complexity index is 519. The van der Waals surface area contributed by atoms with Crippen LogP contribution in [0.1, 0.15) is 30.9 Å². The van der Waals surface area contributed by atoms with Crippen LogP contribution in [0.3, 0.4) is 0 Å². The molecule has 0 fully saturated rings. The zero-order chi connectivity index (χ0) is 14.2. The minimum Gasteiger partial charge on any atom is -0.457 e. The number of aryl methyl sites for hydroxylation is 2. The molecule has 0 aliphatic heterocycles. The minimum atomic E-state index is 0.913. The number of halogens is 1. The van der Waals surface area contributed by atoms with Gasteiger partial charge in [-0.1, -0.05) is 60.2 Å². The van der Waals surface area contributed by atoms with E-state index in [0.717, 1.165) is 24.3 Å². The fourth-order valence-corrected chi connectivity index (χ4v) is 2.57. The van der Waals surface area contributed by atoms with Crippen LogP contribution in [-0.2, 0) is 12.8 Å². The second kappa shape index (κ2) is 8.30. The number of alkyl halides is 1. The SMILES string of the molecule is CCCc1ccc(Oc2cccc(CCCI)c2)cc1. The van der Waals surface area contributed by atoms with Gasteiger partial charge in [0.15, 0.2) is 0 Å². The monoisotopic (exact) mass is 380 g/mol. The lowest BCUT2D eigenvalue weighted by atomic mass is 10.1. The summed E-state index contributed by atoms with van der Waals surface area (Å²) < 4.78 is 7.13. The summed E-state index contributed by atoms with van der Waals surface area (Å²) in [7, 11) is 0. The summed E-state index contributed by atoms with van der Waals surface area (Å²) in [5.74, 6) is 1.84. The summed E-state index contributed by atoms with van der Waals surface area (Å²) in [5.41, 5.74) is 2.72. The molecule has 0 atom stereocenters. The maximum absolute atomic E-state index is 5.93. The number of rotatable bonds is 7. The lowest BCUT2D eigenvalue weighted by molar-refractivity contribution is 0.481. The van der Waals surface area contributed by atoms with E-state index in [9.17, 15) is 0 Å². The normalized spacial score (nSPS) is 10.5. The Kier molecular flexibility index (Phi) is 6.37. The molecule has 106 valence electrons. The lowest BCUT2D eigenvalue weighted by Gasteiger charge is -2.08. The fourth-order valence-electron chi connectivity index (χ4n) is 2.18. The van der Waals surface area contributed by atoms with E-state index in [1.165, 1.54) is 28.4 Å². The van der Waals surface area contributed by atoms with E-state index in [1.54, 1.807) is 0 Å². The molecule has 2 heteroatoms. The average molecular weight is 380 g/mol. The molecule has 0 saturated heterocycles. The Labute approximate surface area is 135 Å². The van der Waals surface area contributed by atoms with Crippen LogP contribution in [0.5, 0.6) is 11.5 Å². The molecule has 0 spiro atoms. The lowest BCUT2D eigenvalue weighted by Crippen LogP contribution is -1.89. The quantitative estimate of drug-likeness (QED) is 0.436. The molecular weight excluding hydrogens is 359 g/mol. The van der Waals surface area contributed by atoms with E-state index < -0.39 is 0 Å². The molecule has 2 aromatic carbocycles. The van der Waals surface area contributed by atoms with Gasteiger partial charge in [0.05, 0.1) is 0 Å². The molecule has 0 amide bonds. The van der Waals surface area contributed by atoms with Gasteiger partial charge in [-0.2, -0.15) is 0 Å². The van der Waals surface area contributed by atoms with E-state index in [4.69, 9.17) is 4.74 Å². The van der Waals surface area contributed by atoms with Crippen LogP contribution in [0.25, 0.3) is 0 Å². The molecule has 0 aromatic heterocycles. The zero-order valence-electron chi connectivity index (χ0n) is 11.9. The molecule has 20 heavy (non-hydrogen) atoms. The summed E-state index contributed by atoms with van der Waals surface area (Å²) in [6, 6.07) is 16.8. The van der Waals surface area contributed by atoms with Gasteiger partial charge < -0.3 is 4.74 Å². The van der Waals surface area contributed by atoms with E-state index in [2.05, 4.69) is 72.0 Å². The molecule has 0 bridgehead atoms. The maximum Gasteiger partial charge on any atom is 0.127 e. The largest absolute Gasteiger partial charge is 0.457 e. The molecule has 0 aliphatic carbocycles. The Morgan fingerprint density at radius 1 is 0.900 bits per heavy atom. The number of hydrogen-bond donors (Lipinski definition) is 0. The molecule has 0 aliphatic rings. The first-order chi connectivity index (χ1) is 9.81. The topological polar surface area (TPSA) is 9.23 Å². The molecule has 2 aromatic rings. The van der Waals surface area contributed by atoms with Gasteiger partial charge in [0, 0.05) is 0 Å². The molecule has 0 N–H and O–H groups in total. The van der Waals surface area contributed by atoms with E-state index in [-0.39, 0.29) is 0 Å². The third kappa shape index (κ3) is 4.82. The van der Waals surface area contributed by atoms with Crippen molar-refractivity contribution >= 4 is 22.6 Å². The highest BCUT2D eigenvalue weighted by Crippen LogP contribution is 2.23. The number of benzene rings is 2. The van der Waals surface area contributed by atoms with Crippen molar-refractivity contribution in [1.82, 2.24) is 0 Å². The van der Waals surface area contributed by atoms with E-state index >= 15 is 0 Å². The molecule has 1 nitrogen and oxygen atoms in total. The summed E-state index contributed by atoms with van der Waals surface area (Å²) in [5, 5.41) is 0. The van der Waals surface area contributed by atoms with Crippen LogP contribution in [0, 0.1) is 0 Å². The predicted molar refractivity (Wildman–Crippen MR) is 94.2 cm³/mol. The van der Waals surface area contributed by atoms with Gasteiger partial charge in [-0.25, -0.2) is 0 Å². The standard InChI is InChI=1S/C18H21IO/c1-2-5-15-9-11-17(12-10-15)20-18-8-3-6-16(14-18)7-4-13-19/h3,6,8-12,14H,2,4-5,7,13H2,1H3. The van der Waals surface area contributed by atoms with Crippen molar-refractivity contribution in [3.05, 3.63) is 59.7 Å². The van der Waals surface area contributed by atoms with Gasteiger partial charge >= 0.3 is 0 Å². The van der Waals surface area contributed by atoms with Crippen molar-refractivity contribution < 1.29 is 4.74 Å². The van der Waals surface area contributed by atoms with E-state index in [0.29, 0.717) is 0 Å². The highest BCUT2D eigenvalue weighted by molar-refractivity contribution is 14.1. The van der Waals surface area contributed by atoms with Crippen LogP contribution in [0.15, 0.2) is 48.5 Å². The Balaban J connectivity index is 2.01. The number of ether oxygens (including phenoxy) is 1. The summed E-state index contributed by atoms with van der Waals surface area (Å²) in [4.78, 5) is 0. The Hall–Kier alpha value is -1.03. The molecule has 0 radical (unpaired) electrons. The van der Waals surface area contributed by atoms with Crippen molar-refractivity contribution in [2.24, 2.45) is 0 Å². The molecular formula is C18H21IO. The smallest absolute Gasteiger partial charge is 0.127 e. The fraction of sp³-hybridized carbons (Fsp3) is 0.333. The summed E-state index contributed by atoms with van der Waals surface area (Å²) in [6.45, 7) is 2.20. The highest BCUT2D eigenvalue weighted by Gasteiger charge is 2.00. The third-order valence-corrected chi connectivity index (χ3v) is 3.96. The summed E-state index contributed by atoms with van der Waals surface area (Å²) >= 11 is 2.42. The van der Waals surface area contributed by atoms with Crippen LogP contribution < -0.4 is 4.74 Å². The molecule has 2 rings (SSSR count). The van der Waals surface area contributed by atoms with E-state index in [1.807, 2.05) is 6.07 Å². The van der Waals surface area contributed by atoms with Gasteiger partial charge in [-0.3, -0.25) is 0 Å². The number of hydrogen-bond acceptors (Lipinski definition) is 1. The molecule has 0 unspecified atom stereocenters. The van der Waals surface area contributed by atoms with Crippen molar-refractivity contribution in [3.8, 4) is 11.5 Å². The van der Waals surface area contributed by atoms with Gasteiger partial charge in [0.1, 0.15) is 11.5 Å². The van der Waals surface area contributed by atoms with Crippen LogP contribution in [0.4, 0.5) is 0 Å². The zero-order valence-corrected chi connectivity index (χ0v) is 14.1. The van der Waals surface area contributed by atoms with Crippen LogP contribution in [-0.4, -0.2) is 4.43 Å². The van der Waals surface area contributed by atoms with Gasteiger partial charge in [0.25, 0.3) is 0 Å². The third-order valence-electron chi connectivity index (χ3n) is 3.20. The molecule has 0 heterocycles. The first-order valence-corrected chi connectivity index (χ1v) is 8.76. The van der Waals surface area contributed by atoms with Crippen molar-refractivity contribution in [1.29, 1.82) is 0 Å². The van der Waals surface area contributed by atoms with Crippen molar-refractivity contribution in [3.63, 3.8) is 0 Å². The van der Waals surface area contributed by atoms with Crippen LogP contribution in [0.2, 0.25) is 0 Å². The Morgan fingerprint density at radius 3 is 2.40 bits per heavy atom. The van der Waals surface area contributed by atoms with Crippen LogP contribution >= 0.6 is 22.6 Å². The van der Waals surface area contributed by atoms with Crippen molar-refractivity contribution in [2.75, 3.05) is 4.43 Å². The highest BCUT2D eigenvalue weighted by atomic mass is 127. The average Bonchev–Trinajstić information content (AvgIpc) is 2.48.